The maximum atomic E-state index is 6.23. The number of benzene rings is 1. The molecule has 0 aliphatic carbocycles. The number of nitrogens with zero attached hydrogens (tertiary/aromatic N) is 2. The van der Waals surface area contributed by atoms with Crippen LogP contribution in [-0.4, -0.2) is 16.4 Å². The standard InChI is InChI=1S/C13H16ClN3O/c1-3-18-10-6-4-5-9(7-10)12(15)13-11(14)8-16-17(13)2/h4-8,12H,3,15H2,1-2H3. The van der Waals surface area contributed by atoms with E-state index in [9.17, 15) is 0 Å². The summed E-state index contributed by atoms with van der Waals surface area (Å²) in [6.45, 7) is 2.58. The van der Waals surface area contributed by atoms with E-state index in [1.54, 1.807) is 10.9 Å². The molecule has 0 amide bonds. The van der Waals surface area contributed by atoms with Gasteiger partial charge in [-0.05, 0) is 24.6 Å². The van der Waals surface area contributed by atoms with E-state index in [1.807, 2.05) is 38.2 Å². The summed E-state index contributed by atoms with van der Waals surface area (Å²) in [7, 11) is 1.83. The zero-order valence-corrected chi connectivity index (χ0v) is 11.2. The van der Waals surface area contributed by atoms with Crippen LogP contribution in [0.5, 0.6) is 5.75 Å². The number of rotatable bonds is 4. The van der Waals surface area contributed by atoms with Crippen molar-refractivity contribution in [2.75, 3.05) is 6.61 Å². The van der Waals surface area contributed by atoms with E-state index in [4.69, 9.17) is 22.1 Å². The Balaban J connectivity index is 2.34. The number of hydrogen-bond donors (Lipinski definition) is 1. The van der Waals surface area contributed by atoms with Crippen LogP contribution in [0.15, 0.2) is 30.5 Å². The van der Waals surface area contributed by atoms with Gasteiger partial charge in [-0.3, -0.25) is 4.68 Å². The van der Waals surface area contributed by atoms with E-state index in [0.29, 0.717) is 11.6 Å². The highest BCUT2D eigenvalue weighted by molar-refractivity contribution is 6.31. The second-order valence-electron chi connectivity index (χ2n) is 3.98. The lowest BCUT2D eigenvalue weighted by atomic mass is 10.0. The van der Waals surface area contributed by atoms with Gasteiger partial charge < -0.3 is 10.5 Å². The molecule has 2 N–H and O–H groups in total. The highest BCUT2D eigenvalue weighted by Crippen LogP contribution is 2.27. The Kier molecular flexibility index (Phi) is 3.89. The van der Waals surface area contributed by atoms with Crippen molar-refractivity contribution in [3.63, 3.8) is 0 Å². The lowest BCUT2D eigenvalue weighted by Crippen LogP contribution is -2.16. The van der Waals surface area contributed by atoms with Crippen molar-refractivity contribution < 1.29 is 4.74 Å². The molecule has 18 heavy (non-hydrogen) atoms. The molecule has 1 unspecified atom stereocenters. The third kappa shape index (κ3) is 2.49. The van der Waals surface area contributed by atoms with Crippen molar-refractivity contribution in [1.82, 2.24) is 9.78 Å². The molecule has 0 spiro atoms. The SMILES string of the molecule is CCOc1cccc(C(N)c2c(Cl)cnn2C)c1. The summed E-state index contributed by atoms with van der Waals surface area (Å²) in [6, 6.07) is 7.40. The summed E-state index contributed by atoms with van der Waals surface area (Å²) in [4.78, 5) is 0. The summed E-state index contributed by atoms with van der Waals surface area (Å²) in [6.07, 6.45) is 1.60. The fourth-order valence-electron chi connectivity index (χ4n) is 1.89. The summed E-state index contributed by atoms with van der Waals surface area (Å²) in [5.41, 5.74) is 7.97. The fourth-order valence-corrected chi connectivity index (χ4v) is 2.18. The van der Waals surface area contributed by atoms with Crippen LogP contribution in [0.2, 0.25) is 5.02 Å². The van der Waals surface area contributed by atoms with Gasteiger partial charge in [0, 0.05) is 7.05 Å². The molecule has 0 aliphatic rings. The van der Waals surface area contributed by atoms with Gasteiger partial charge in [-0.25, -0.2) is 0 Å². The molecular weight excluding hydrogens is 250 g/mol. The van der Waals surface area contributed by atoms with Crippen LogP contribution >= 0.6 is 11.6 Å². The van der Waals surface area contributed by atoms with E-state index >= 15 is 0 Å². The Morgan fingerprint density at radius 1 is 1.50 bits per heavy atom. The zero-order chi connectivity index (χ0) is 13.1. The maximum absolute atomic E-state index is 6.23. The van der Waals surface area contributed by atoms with Crippen LogP contribution in [0.25, 0.3) is 0 Å². The van der Waals surface area contributed by atoms with Gasteiger partial charge in [0.05, 0.1) is 29.6 Å². The van der Waals surface area contributed by atoms with Crippen LogP contribution in [0.3, 0.4) is 0 Å². The topological polar surface area (TPSA) is 53.1 Å². The minimum atomic E-state index is -0.314. The molecule has 0 saturated carbocycles. The van der Waals surface area contributed by atoms with Crippen LogP contribution in [0.1, 0.15) is 24.2 Å². The van der Waals surface area contributed by atoms with Crippen LogP contribution in [0.4, 0.5) is 0 Å². The van der Waals surface area contributed by atoms with Crippen LogP contribution in [-0.2, 0) is 7.05 Å². The zero-order valence-electron chi connectivity index (χ0n) is 10.4. The summed E-state index contributed by atoms with van der Waals surface area (Å²) in [5.74, 6) is 0.809. The van der Waals surface area contributed by atoms with Gasteiger partial charge >= 0.3 is 0 Å². The first-order chi connectivity index (χ1) is 8.63. The average molecular weight is 266 g/mol. The van der Waals surface area contributed by atoms with Crippen LogP contribution < -0.4 is 10.5 Å². The van der Waals surface area contributed by atoms with Crippen molar-refractivity contribution >= 4 is 11.6 Å². The normalized spacial score (nSPS) is 12.4. The van der Waals surface area contributed by atoms with Gasteiger partial charge in [0.25, 0.3) is 0 Å². The molecule has 2 aromatic rings. The number of hydrogen-bond acceptors (Lipinski definition) is 3. The predicted molar refractivity (Wildman–Crippen MR) is 71.9 cm³/mol. The second-order valence-corrected chi connectivity index (χ2v) is 4.39. The first-order valence-corrected chi connectivity index (χ1v) is 6.17. The maximum Gasteiger partial charge on any atom is 0.119 e. The quantitative estimate of drug-likeness (QED) is 0.924. The molecule has 0 saturated heterocycles. The lowest BCUT2D eigenvalue weighted by molar-refractivity contribution is 0.339. The molecule has 5 heteroatoms. The number of ether oxygens (including phenoxy) is 1. The van der Waals surface area contributed by atoms with Gasteiger partial charge in [0.1, 0.15) is 5.75 Å². The summed E-state index contributed by atoms with van der Waals surface area (Å²) < 4.78 is 7.16. The molecule has 0 fully saturated rings. The lowest BCUT2D eigenvalue weighted by Gasteiger charge is -2.14. The molecule has 96 valence electrons. The smallest absolute Gasteiger partial charge is 0.119 e. The van der Waals surface area contributed by atoms with Crippen molar-refractivity contribution in [2.24, 2.45) is 12.8 Å². The third-order valence-electron chi connectivity index (χ3n) is 2.76. The number of aromatic nitrogens is 2. The Bertz CT molecular complexity index is 519. The minimum Gasteiger partial charge on any atom is -0.494 e. The Hall–Kier alpha value is -1.52. The fraction of sp³-hybridized carbons (Fsp3) is 0.308. The van der Waals surface area contributed by atoms with Gasteiger partial charge in [0.15, 0.2) is 0 Å². The van der Waals surface area contributed by atoms with Crippen molar-refractivity contribution in [3.8, 4) is 5.75 Å². The molecular formula is C13H16ClN3O. The molecule has 4 nitrogen and oxygen atoms in total. The molecule has 1 atom stereocenters. The van der Waals surface area contributed by atoms with Crippen molar-refractivity contribution in [2.45, 2.75) is 13.0 Å². The Morgan fingerprint density at radius 3 is 2.89 bits per heavy atom. The molecule has 2 rings (SSSR count). The molecule has 1 aromatic carbocycles. The van der Waals surface area contributed by atoms with Gasteiger partial charge in [-0.1, -0.05) is 23.7 Å². The van der Waals surface area contributed by atoms with Crippen molar-refractivity contribution in [1.29, 1.82) is 0 Å². The highest BCUT2D eigenvalue weighted by Gasteiger charge is 2.17. The van der Waals surface area contributed by atoms with Gasteiger partial charge in [-0.2, -0.15) is 5.10 Å². The summed E-state index contributed by atoms with van der Waals surface area (Å²) in [5, 5.41) is 4.67. The highest BCUT2D eigenvalue weighted by atomic mass is 35.5. The van der Waals surface area contributed by atoms with E-state index < -0.39 is 0 Å². The molecule has 1 heterocycles. The van der Waals surface area contributed by atoms with E-state index in [2.05, 4.69) is 5.10 Å². The number of nitrogens with two attached hydrogens (primary N) is 1. The minimum absolute atomic E-state index is 0.314. The predicted octanol–water partition coefficient (Wildman–Crippen LogP) is 2.52. The monoisotopic (exact) mass is 265 g/mol. The van der Waals surface area contributed by atoms with Gasteiger partial charge in [-0.15, -0.1) is 0 Å². The number of halogens is 1. The summed E-state index contributed by atoms with van der Waals surface area (Å²) >= 11 is 6.10. The van der Waals surface area contributed by atoms with Gasteiger partial charge in [0.2, 0.25) is 0 Å². The molecule has 0 bridgehead atoms. The number of aryl methyl sites for hydroxylation is 1. The van der Waals surface area contributed by atoms with Crippen LogP contribution in [0, 0.1) is 0 Å². The molecule has 0 aliphatic heterocycles. The largest absolute Gasteiger partial charge is 0.494 e. The first-order valence-electron chi connectivity index (χ1n) is 5.79. The van der Waals surface area contributed by atoms with E-state index in [1.165, 1.54) is 0 Å². The van der Waals surface area contributed by atoms with E-state index in [0.717, 1.165) is 17.0 Å². The molecule has 0 radical (unpaired) electrons. The second kappa shape index (κ2) is 5.42. The van der Waals surface area contributed by atoms with E-state index in [-0.39, 0.29) is 6.04 Å². The Labute approximate surface area is 111 Å². The average Bonchev–Trinajstić information content (AvgIpc) is 2.69. The third-order valence-corrected chi connectivity index (χ3v) is 3.05. The molecule has 1 aromatic heterocycles. The first kappa shape index (κ1) is 12.9. The van der Waals surface area contributed by atoms with Crippen molar-refractivity contribution in [3.05, 3.63) is 46.7 Å². The Morgan fingerprint density at radius 2 is 2.28 bits per heavy atom.